The Bertz CT molecular complexity index is 1330. The van der Waals surface area contributed by atoms with Gasteiger partial charge >= 0.3 is 12.0 Å². The van der Waals surface area contributed by atoms with Crippen LogP contribution in [0.4, 0.5) is 4.79 Å². The van der Waals surface area contributed by atoms with E-state index in [-0.39, 0.29) is 12.3 Å². The molecule has 186 valence electrons. The number of methoxy groups -OCH3 is 1. The lowest BCUT2D eigenvalue weighted by Gasteiger charge is -2.21. The number of hydrogen-bond donors (Lipinski definition) is 1. The molecule has 3 amide bonds. The molecule has 1 aliphatic heterocycles. The molecule has 2 aromatic carbocycles. The lowest BCUT2D eigenvalue weighted by Crippen LogP contribution is -2.44. The summed E-state index contributed by atoms with van der Waals surface area (Å²) in [6.07, 6.45) is 1.06. The molecule has 0 spiro atoms. The fourth-order valence-corrected chi connectivity index (χ4v) is 4.63. The number of rotatable bonds is 8. The van der Waals surface area contributed by atoms with Crippen molar-refractivity contribution < 1.29 is 23.9 Å². The Kier molecular flexibility index (Phi) is 6.79. The maximum absolute atomic E-state index is 13.2. The second-order valence-corrected chi connectivity index (χ2v) is 9.22. The summed E-state index contributed by atoms with van der Waals surface area (Å²) in [7, 11) is 1.33. The molecule has 4 rings (SSSR count). The van der Waals surface area contributed by atoms with Crippen LogP contribution < -0.4 is 5.32 Å². The monoisotopic (exact) mass is 487 g/mol. The molecule has 8 heteroatoms. The van der Waals surface area contributed by atoms with Gasteiger partial charge in [0, 0.05) is 22.6 Å². The molecule has 2 heterocycles. The number of ketones is 1. The Balaban J connectivity index is 1.50. The maximum Gasteiger partial charge on any atom is 0.337 e. The second kappa shape index (κ2) is 9.81. The first-order valence-electron chi connectivity index (χ1n) is 11.7. The van der Waals surface area contributed by atoms with Crippen molar-refractivity contribution in [1.82, 2.24) is 14.8 Å². The SMILES string of the molecule is COC(=O)c1ccc(-n2c(C)cc(C(=O)CN3C(=O)N[C@@](C)(CCc4ccccc4)C3=O)c2C)cc1. The lowest BCUT2D eigenvalue weighted by molar-refractivity contribution is -0.130. The van der Waals surface area contributed by atoms with Gasteiger partial charge in [-0.3, -0.25) is 14.5 Å². The van der Waals surface area contributed by atoms with E-state index in [0.717, 1.165) is 21.8 Å². The van der Waals surface area contributed by atoms with Gasteiger partial charge in [-0.1, -0.05) is 30.3 Å². The van der Waals surface area contributed by atoms with Crippen molar-refractivity contribution in [2.45, 2.75) is 39.2 Å². The molecule has 3 aromatic rings. The van der Waals surface area contributed by atoms with Crippen LogP contribution in [0.3, 0.4) is 0 Å². The largest absolute Gasteiger partial charge is 0.465 e. The van der Waals surface area contributed by atoms with E-state index in [1.165, 1.54) is 7.11 Å². The van der Waals surface area contributed by atoms with E-state index in [0.29, 0.717) is 29.7 Å². The molecule has 0 unspecified atom stereocenters. The number of aromatic nitrogens is 1. The van der Waals surface area contributed by atoms with E-state index in [4.69, 9.17) is 4.74 Å². The van der Waals surface area contributed by atoms with Crippen molar-refractivity contribution in [2.24, 2.45) is 0 Å². The van der Waals surface area contributed by atoms with Gasteiger partial charge in [0.15, 0.2) is 5.78 Å². The molecule has 0 aliphatic carbocycles. The van der Waals surface area contributed by atoms with Crippen molar-refractivity contribution >= 4 is 23.7 Å². The Hall–Kier alpha value is -4.20. The summed E-state index contributed by atoms with van der Waals surface area (Å²) in [4.78, 5) is 51.8. The molecular formula is C28H29N3O5. The molecule has 1 aromatic heterocycles. The fraction of sp³-hybridized carbons (Fsp3) is 0.286. The van der Waals surface area contributed by atoms with Gasteiger partial charge in [-0.25, -0.2) is 9.59 Å². The van der Waals surface area contributed by atoms with Crippen LogP contribution in [0.1, 0.15) is 51.0 Å². The van der Waals surface area contributed by atoms with Crippen LogP contribution >= 0.6 is 0 Å². The molecule has 0 bridgehead atoms. The van der Waals surface area contributed by atoms with Gasteiger partial charge in [0.05, 0.1) is 19.2 Å². The predicted octanol–water partition coefficient (Wildman–Crippen LogP) is 4.01. The highest BCUT2D eigenvalue weighted by Crippen LogP contribution is 2.26. The van der Waals surface area contributed by atoms with Crippen molar-refractivity contribution in [1.29, 1.82) is 0 Å². The molecule has 0 radical (unpaired) electrons. The molecule has 36 heavy (non-hydrogen) atoms. The maximum atomic E-state index is 13.2. The predicted molar refractivity (Wildman–Crippen MR) is 134 cm³/mol. The minimum absolute atomic E-state index is 0.323. The van der Waals surface area contributed by atoms with Crippen molar-refractivity contribution in [3.63, 3.8) is 0 Å². The summed E-state index contributed by atoms with van der Waals surface area (Å²) in [6, 6.07) is 17.8. The van der Waals surface area contributed by atoms with Crippen LogP contribution in [0.5, 0.6) is 0 Å². The lowest BCUT2D eigenvalue weighted by atomic mass is 9.93. The van der Waals surface area contributed by atoms with Gasteiger partial charge in [-0.05, 0) is 69.5 Å². The number of carbonyl (C=O) groups excluding carboxylic acids is 4. The molecule has 1 saturated heterocycles. The number of ether oxygens (including phenoxy) is 1. The Morgan fingerprint density at radius 2 is 1.67 bits per heavy atom. The number of imide groups is 1. The number of nitrogens with zero attached hydrogens (tertiary/aromatic N) is 2. The zero-order chi connectivity index (χ0) is 26.0. The second-order valence-electron chi connectivity index (χ2n) is 9.22. The minimum Gasteiger partial charge on any atom is -0.465 e. The topological polar surface area (TPSA) is 97.7 Å². The van der Waals surface area contributed by atoms with E-state index >= 15 is 0 Å². The average Bonchev–Trinajstić information content (AvgIpc) is 3.29. The minimum atomic E-state index is -1.06. The molecule has 1 aliphatic rings. The third-order valence-corrected chi connectivity index (χ3v) is 6.68. The number of hydrogen-bond acceptors (Lipinski definition) is 5. The van der Waals surface area contributed by atoms with Crippen molar-refractivity contribution in [3.8, 4) is 5.69 Å². The molecule has 1 atom stereocenters. The van der Waals surface area contributed by atoms with Crippen molar-refractivity contribution in [2.75, 3.05) is 13.7 Å². The van der Waals surface area contributed by atoms with Crippen LogP contribution in [-0.4, -0.2) is 52.4 Å². The Morgan fingerprint density at radius 1 is 1.00 bits per heavy atom. The van der Waals surface area contributed by atoms with Gasteiger partial charge in [0.25, 0.3) is 5.91 Å². The third kappa shape index (κ3) is 4.66. The number of Topliss-reactive ketones (excluding diaryl/α,β-unsaturated/α-hetero) is 1. The average molecular weight is 488 g/mol. The Morgan fingerprint density at radius 3 is 2.31 bits per heavy atom. The van der Waals surface area contributed by atoms with Gasteiger partial charge < -0.3 is 14.6 Å². The van der Waals surface area contributed by atoms with Gasteiger partial charge in [-0.15, -0.1) is 0 Å². The first-order chi connectivity index (χ1) is 17.1. The van der Waals surface area contributed by atoms with Crippen LogP contribution in [0.2, 0.25) is 0 Å². The van der Waals surface area contributed by atoms with Gasteiger partial charge in [0.1, 0.15) is 5.54 Å². The van der Waals surface area contributed by atoms with E-state index in [2.05, 4.69) is 5.32 Å². The number of amides is 3. The number of carbonyl (C=O) groups is 4. The highest BCUT2D eigenvalue weighted by molar-refractivity contribution is 6.11. The van der Waals surface area contributed by atoms with Gasteiger partial charge in [0.2, 0.25) is 0 Å². The summed E-state index contributed by atoms with van der Waals surface area (Å²) < 4.78 is 6.64. The number of nitrogens with one attached hydrogen (secondary N) is 1. The Labute approximate surface area is 209 Å². The molecule has 0 saturated carbocycles. The van der Waals surface area contributed by atoms with Crippen LogP contribution in [0.25, 0.3) is 5.69 Å². The number of urea groups is 1. The molecule has 1 N–H and O–H groups in total. The van der Waals surface area contributed by atoms with Crippen LogP contribution in [-0.2, 0) is 16.0 Å². The molecule has 8 nitrogen and oxygen atoms in total. The first-order valence-corrected chi connectivity index (χ1v) is 11.7. The molecular weight excluding hydrogens is 458 g/mol. The van der Waals surface area contributed by atoms with E-state index in [1.807, 2.05) is 48.7 Å². The first kappa shape index (κ1) is 24.9. The number of esters is 1. The van der Waals surface area contributed by atoms with E-state index in [9.17, 15) is 19.2 Å². The van der Waals surface area contributed by atoms with E-state index < -0.39 is 23.4 Å². The van der Waals surface area contributed by atoms with Crippen LogP contribution in [0.15, 0.2) is 60.7 Å². The highest BCUT2D eigenvalue weighted by Gasteiger charge is 2.48. The summed E-state index contributed by atoms with van der Waals surface area (Å²) >= 11 is 0. The zero-order valence-corrected chi connectivity index (χ0v) is 20.8. The number of benzene rings is 2. The summed E-state index contributed by atoms with van der Waals surface area (Å²) in [5, 5.41) is 2.78. The van der Waals surface area contributed by atoms with Gasteiger partial charge in [-0.2, -0.15) is 0 Å². The van der Waals surface area contributed by atoms with Crippen LogP contribution in [0, 0.1) is 13.8 Å². The fourth-order valence-electron chi connectivity index (χ4n) is 4.63. The zero-order valence-electron chi connectivity index (χ0n) is 20.8. The molecule has 1 fully saturated rings. The summed E-state index contributed by atoms with van der Waals surface area (Å²) in [5.74, 6) is -1.15. The quantitative estimate of drug-likeness (QED) is 0.294. The number of aryl methyl sites for hydroxylation is 2. The standard InChI is InChI=1S/C28H29N3O5/c1-18-16-23(19(2)31(18)22-12-10-21(11-13-22)25(33)36-4)24(32)17-30-26(34)28(3,29-27(30)35)15-14-20-8-6-5-7-9-20/h5-13,16H,14-15,17H2,1-4H3,(H,29,35)/t28-/m0/s1. The van der Waals surface area contributed by atoms with Crippen molar-refractivity contribution in [3.05, 3.63) is 88.7 Å². The normalized spacial score (nSPS) is 17.3. The third-order valence-electron chi connectivity index (χ3n) is 6.68. The summed E-state index contributed by atoms with van der Waals surface area (Å²) in [5.41, 5.74) is 3.14. The van der Waals surface area contributed by atoms with E-state index in [1.54, 1.807) is 37.3 Å². The highest BCUT2D eigenvalue weighted by atomic mass is 16.5. The smallest absolute Gasteiger partial charge is 0.337 e. The summed E-state index contributed by atoms with van der Waals surface area (Å²) in [6.45, 7) is 5.04.